The number of amides is 1. The van der Waals surface area contributed by atoms with Gasteiger partial charge in [-0.05, 0) is 44.0 Å². The Bertz CT molecular complexity index is 573. The lowest BCUT2D eigenvalue weighted by molar-refractivity contribution is -0.130. The molecule has 2 heterocycles. The van der Waals surface area contributed by atoms with Crippen LogP contribution in [0.1, 0.15) is 13.3 Å². The molecule has 2 unspecified atom stereocenters. The molecule has 2 aliphatic rings. The van der Waals surface area contributed by atoms with Gasteiger partial charge in [-0.2, -0.15) is 0 Å². The van der Waals surface area contributed by atoms with Crippen molar-refractivity contribution in [3.05, 3.63) is 23.2 Å². The van der Waals surface area contributed by atoms with Gasteiger partial charge in [-0.25, -0.2) is 0 Å². The van der Waals surface area contributed by atoms with Crippen molar-refractivity contribution < 1.29 is 9.53 Å². The molecule has 24 heavy (non-hydrogen) atoms. The van der Waals surface area contributed by atoms with Gasteiger partial charge in [0.25, 0.3) is 0 Å². The summed E-state index contributed by atoms with van der Waals surface area (Å²) in [6, 6.07) is 5.79. The van der Waals surface area contributed by atoms with Crippen molar-refractivity contribution >= 4 is 48.0 Å². The van der Waals surface area contributed by atoms with Gasteiger partial charge < -0.3 is 20.3 Å². The summed E-state index contributed by atoms with van der Waals surface area (Å²) in [7, 11) is 0. The number of fused-ring (bicyclic) bond motifs is 1. The van der Waals surface area contributed by atoms with Crippen LogP contribution in [-0.2, 0) is 4.79 Å². The fourth-order valence-electron chi connectivity index (χ4n) is 3.32. The first-order valence-corrected chi connectivity index (χ1v) is 8.13. The van der Waals surface area contributed by atoms with Crippen LogP contribution in [-0.4, -0.2) is 49.6 Å². The number of benzene rings is 1. The molecule has 8 heteroatoms. The van der Waals surface area contributed by atoms with E-state index in [0.29, 0.717) is 37.2 Å². The zero-order chi connectivity index (χ0) is 15.7. The van der Waals surface area contributed by atoms with E-state index in [-0.39, 0.29) is 36.8 Å². The first-order chi connectivity index (χ1) is 10.6. The highest BCUT2D eigenvalue weighted by Gasteiger charge is 2.33. The molecule has 0 radical (unpaired) electrons. The van der Waals surface area contributed by atoms with Crippen LogP contribution in [0.3, 0.4) is 0 Å². The molecule has 0 bridgehead atoms. The van der Waals surface area contributed by atoms with Gasteiger partial charge in [0.1, 0.15) is 12.4 Å². The normalized spacial score (nSPS) is 22.1. The van der Waals surface area contributed by atoms with E-state index in [9.17, 15) is 4.79 Å². The zero-order valence-electron chi connectivity index (χ0n) is 13.6. The number of rotatable bonds is 3. The second-order valence-corrected chi connectivity index (χ2v) is 6.55. The smallest absolute Gasteiger partial charge is 0.242 e. The van der Waals surface area contributed by atoms with Gasteiger partial charge in [-0.1, -0.05) is 11.6 Å². The summed E-state index contributed by atoms with van der Waals surface area (Å²) in [4.78, 5) is 16.7. The molecule has 2 aliphatic heterocycles. The number of nitrogens with two attached hydrogens (primary N) is 1. The lowest BCUT2D eigenvalue weighted by atomic mass is 10.1. The van der Waals surface area contributed by atoms with Crippen LogP contribution in [0.4, 0.5) is 5.69 Å². The van der Waals surface area contributed by atoms with Crippen LogP contribution in [0, 0.1) is 5.92 Å². The highest BCUT2D eigenvalue weighted by molar-refractivity contribution is 6.31. The van der Waals surface area contributed by atoms with Gasteiger partial charge in [0.2, 0.25) is 5.91 Å². The summed E-state index contributed by atoms with van der Waals surface area (Å²) < 4.78 is 5.63. The maximum atomic E-state index is 12.6. The van der Waals surface area contributed by atoms with E-state index in [1.54, 1.807) is 6.07 Å². The van der Waals surface area contributed by atoms with Crippen molar-refractivity contribution in [2.75, 3.05) is 37.7 Å². The van der Waals surface area contributed by atoms with Crippen molar-refractivity contribution in [2.45, 2.75) is 19.4 Å². The molecule has 0 aromatic heterocycles. The first-order valence-electron chi connectivity index (χ1n) is 7.75. The second kappa shape index (κ2) is 8.99. The third-order valence-corrected chi connectivity index (χ3v) is 4.76. The predicted octanol–water partition coefficient (Wildman–Crippen LogP) is 2.58. The van der Waals surface area contributed by atoms with Crippen molar-refractivity contribution in [3.63, 3.8) is 0 Å². The third kappa shape index (κ3) is 4.39. The largest absolute Gasteiger partial charge is 0.490 e. The number of nitrogens with zero attached hydrogens (tertiary/aromatic N) is 2. The highest BCUT2D eigenvalue weighted by Crippen LogP contribution is 2.34. The van der Waals surface area contributed by atoms with Crippen LogP contribution in [0.5, 0.6) is 5.75 Å². The SMILES string of the molecule is CC1CC(CN)CN1C(=O)CN1CCOc2ccc(Cl)cc21.Cl.Cl. The molecule has 1 aromatic carbocycles. The maximum Gasteiger partial charge on any atom is 0.242 e. The number of carbonyl (C=O) groups excluding carboxylic acids is 1. The topological polar surface area (TPSA) is 58.8 Å². The summed E-state index contributed by atoms with van der Waals surface area (Å²) in [5, 5.41) is 0.652. The van der Waals surface area contributed by atoms with E-state index < -0.39 is 0 Å². The lowest BCUT2D eigenvalue weighted by Crippen LogP contribution is -2.44. The Balaban J connectivity index is 0.00000144. The molecule has 2 N–H and O–H groups in total. The summed E-state index contributed by atoms with van der Waals surface area (Å²) in [6.45, 7) is 5.15. The standard InChI is InChI=1S/C16H22ClN3O2.2ClH/c1-11-6-12(8-18)9-20(11)16(21)10-19-4-5-22-15-3-2-13(17)7-14(15)19;;/h2-3,7,11-12H,4-6,8-10,18H2,1H3;2*1H. The Kier molecular flexibility index (Phi) is 7.93. The zero-order valence-corrected chi connectivity index (χ0v) is 16.0. The Morgan fingerprint density at radius 2 is 2.17 bits per heavy atom. The number of halogens is 3. The first kappa shape index (κ1) is 21.2. The molecular formula is C16H24Cl3N3O2. The number of likely N-dealkylation sites (tertiary alicyclic amines) is 1. The van der Waals surface area contributed by atoms with E-state index in [4.69, 9.17) is 22.1 Å². The van der Waals surface area contributed by atoms with E-state index in [2.05, 4.69) is 11.8 Å². The minimum Gasteiger partial charge on any atom is -0.490 e. The fourth-order valence-corrected chi connectivity index (χ4v) is 3.49. The maximum absolute atomic E-state index is 12.6. The predicted molar refractivity (Wildman–Crippen MR) is 102 cm³/mol. The molecule has 0 aliphatic carbocycles. The Labute approximate surface area is 160 Å². The Morgan fingerprint density at radius 1 is 1.42 bits per heavy atom. The summed E-state index contributed by atoms with van der Waals surface area (Å²) in [5.74, 6) is 1.36. The molecule has 3 rings (SSSR count). The van der Waals surface area contributed by atoms with Crippen molar-refractivity contribution in [2.24, 2.45) is 11.7 Å². The molecule has 2 atom stereocenters. The van der Waals surface area contributed by atoms with Crippen LogP contribution < -0.4 is 15.4 Å². The van der Waals surface area contributed by atoms with Crippen LogP contribution in [0.25, 0.3) is 0 Å². The molecule has 1 aromatic rings. The molecule has 0 saturated carbocycles. The quantitative estimate of drug-likeness (QED) is 0.853. The Hall–Kier alpha value is -0.880. The second-order valence-electron chi connectivity index (χ2n) is 6.11. The molecular weight excluding hydrogens is 373 g/mol. The lowest BCUT2D eigenvalue weighted by Gasteiger charge is -2.33. The average molecular weight is 397 g/mol. The van der Waals surface area contributed by atoms with Crippen molar-refractivity contribution in [1.82, 2.24) is 4.90 Å². The van der Waals surface area contributed by atoms with Crippen LogP contribution in [0.2, 0.25) is 5.02 Å². The van der Waals surface area contributed by atoms with Crippen LogP contribution in [0.15, 0.2) is 18.2 Å². The molecule has 136 valence electrons. The van der Waals surface area contributed by atoms with Gasteiger partial charge in [-0.15, -0.1) is 24.8 Å². The van der Waals surface area contributed by atoms with Gasteiger partial charge >= 0.3 is 0 Å². The number of hydrogen-bond donors (Lipinski definition) is 1. The van der Waals surface area contributed by atoms with Gasteiger partial charge in [-0.3, -0.25) is 4.79 Å². The van der Waals surface area contributed by atoms with Crippen molar-refractivity contribution in [1.29, 1.82) is 0 Å². The third-order valence-electron chi connectivity index (χ3n) is 4.52. The van der Waals surface area contributed by atoms with E-state index in [0.717, 1.165) is 24.4 Å². The monoisotopic (exact) mass is 395 g/mol. The molecule has 0 spiro atoms. The van der Waals surface area contributed by atoms with E-state index >= 15 is 0 Å². The minimum absolute atomic E-state index is 0. The van der Waals surface area contributed by atoms with E-state index in [1.807, 2.05) is 17.0 Å². The van der Waals surface area contributed by atoms with Gasteiger partial charge in [0.15, 0.2) is 0 Å². The molecule has 1 fully saturated rings. The summed E-state index contributed by atoms with van der Waals surface area (Å²) in [6.07, 6.45) is 0.994. The summed E-state index contributed by atoms with van der Waals surface area (Å²) in [5.41, 5.74) is 6.64. The summed E-state index contributed by atoms with van der Waals surface area (Å²) >= 11 is 6.08. The number of anilines is 1. The highest BCUT2D eigenvalue weighted by atomic mass is 35.5. The molecule has 5 nitrogen and oxygen atoms in total. The Morgan fingerprint density at radius 3 is 2.83 bits per heavy atom. The van der Waals surface area contributed by atoms with Crippen molar-refractivity contribution in [3.8, 4) is 5.75 Å². The average Bonchev–Trinajstić information content (AvgIpc) is 2.89. The minimum atomic E-state index is 0. The fraction of sp³-hybridized carbons (Fsp3) is 0.562. The van der Waals surface area contributed by atoms with Gasteiger partial charge in [0, 0.05) is 17.6 Å². The molecule has 1 amide bonds. The number of hydrogen-bond acceptors (Lipinski definition) is 4. The number of ether oxygens (including phenoxy) is 1. The van der Waals surface area contributed by atoms with Crippen LogP contribution >= 0.6 is 36.4 Å². The van der Waals surface area contributed by atoms with Gasteiger partial charge in [0.05, 0.1) is 18.8 Å². The number of carbonyl (C=O) groups is 1. The van der Waals surface area contributed by atoms with E-state index in [1.165, 1.54) is 0 Å². The molecule has 1 saturated heterocycles.